The van der Waals surface area contributed by atoms with Gasteiger partial charge in [0.1, 0.15) is 11.4 Å². The van der Waals surface area contributed by atoms with Gasteiger partial charge in [0.05, 0.1) is 20.8 Å². The van der Waals surface area contributed by atoms with Crippen molar-refractivity contribution in [1.29, 1.82) is 0 Å². The summed E-state index contributed by atoms with van der Waals surface area (Å²) in [7, 11) is 0. The van der Waals surface area contributed by atoms with E-state index in [0.29, 0.717) is 5.69 Å². The van der Waals surface area contributed by atoms with Gasteiger partial charge < -0.3 is 5.43 Å². The molecule has 0 unspecified atom stereocenters. The predicted molar refractivity (Wildman–Crippen MR) is 75.2 cm³/mol. The number of hydrogen-bond donors (Lipinski definition) is 2. The van der Waals surface area contributed by atoms with Gasteiger partial charge in [-0.3, -0.25) is 16.0 Å². The van der Waals surface area contributed by atoms with Gasteiger partial charge in [0.25, 0.3) is 0 Å². The Bertz CT molecular complexity index is 653. The van der Waals surface area contributed by atoms with Gasteiger partial charge in [0.15, 0.2) is 0 Å². The Kier molecular flexibility index (Phi) is 3.54. The second-order valence-corrected chi connectivity index (χ2v) is 4.76. The van der Waals surface area contributed by atoms with Crippen molar-refractivity contribution in [2.24, 2.45) is 5.84 Å². The number of benzene rings is 1. The molecule has 3 N–H and O–H groups in total. The third-order valence-corrected chi connectivity index (χ3v) is 3.93. The van der Waals surface area contributed by atoms with E-state index in [9.17, 15) is 10.1 Å². The van der Waals surface area contributed by atoms with Gasteiger partial charge in [0, 0.05) is 0 Å². The molecule has 0 aliphatic rings. The van der Waals surface area contributed by atoms with Gasteiger partial charge in [-0.15, -0.1) is 0 Å². The normalized spacial score (nSPS) is 10.5. The molecule has 2 aromatic rings. The molecule has 0 atom stereocenters. The molecule has 0 radical (unpaired) electrons. The molecule has 0 saturated carbocycles. The van der Waals surface area contributed by atoms with Gasteiger partial charge in [-0.1, -0.05) is 6.07 Å². The molecule has 0 aliphatic carbocycles. The Hall–Kier alpha value is -1.93. The first-order valence-corrected chi connectivity index (χ1v) is 6.22. The third-order valence-electron chi connectivity index (χ3n) is 2.78. The van der Waals surface area contributed by atoms with Crippen LogP contribution in [0.1, 0.15) is 11.4 Å². The minimum absolute atomic E-state index is 0.108. The lowest BCUT2D eigenvalue weighted by molar-refractivity contribution is -0.383. The number of hydrogen-bond acceptors (Lipinski definition) is 5. The fourth-order valence-electron chi connectivity index (χ4n) is 1.87. The molecular weight excluding hydrogens is 314 g/mol. The van der Waals surface area contributed by atoms with Crippen molar-refractivity contribution >= 4 is 27.3 Å². The maximum atomic E-state index is 11.2. The zero-order valence-corrected chi connectivity index (χ0v) is 11.9. The number of halogens is 1. The summed E-state index contributed by atoms with van der Waals surface area (Å²) in [5.74, 6) is 5.32. The molecule has 8 heteroatoms. The number of anilines is 1. The number of nitro groups is 1. The number of para-hydroxylation sites is 1. The summed E-state index contributed by atoms with van der Waals surface area (Å²) in [6.45, 7) is 3.65. The summed E-state index contributed by atoms with van der Waals surface area (Å²) < 4.78 is 2.35. The van der Waals surface area contributed by atoms with Crippen molar-refractivity contribution in [2.75, 3.05) is 5.43 Å². The maximum absolute atomic E-state index is 11.2. The maximum Gasteiger partial charge on any atom is 0.319 e. The lowest BCUT2D eigenvalue weighted by Gasteiger charge is -2.08. The van der Waals surface area contributed by atoms with Crippen LogP contribution in [-0.4, -0.2) is 14.7 Å². The quantitative estimate of drug-likeness (QED) is 0.513. The van der Waals surface area contributed by atoms with Crippen molar-refractivity contribution < 1.29 is 4.92 Å². The Morgan fingerprint density at radius 1 is 1.47 bits per heavy atom. The number of nitrogen functional groups attached to an aromatic ring is 1. The molecular formula is C11H12BrN5O2. The molecule has 1 aromatic carbocycles. The van der Waals surface area contributed by atoms with Crippen LogP contribution < -0.4 is 11.3 Å². The lowest BCUT2D eigenvalue weighted by atomic mass is 10.2. The van der Waals surface area contributed by atoms with Crippen molar-refractivity contribution in [3.05, 3.63) is 44.2 Å². The van der Waals surface area contributed by atoms with Crippen LogP contribution in [0.3, 0.4) is 0 Å². The molecule has 0 fully saturated rings. The minimum Gasteiger partial charge on any atom is -0.318 e. The fourth-order valence-corrected chi connectivity index (χ4v) is 2.12. The van der Waals surface area contributed by atoms with Crippen LogP contribution in [-0.2, 0) is 0 Å². The van der Waals surface area contributed by atoms with E-state index in [1.807, 2.05) is 13.8 Å². The highest BCUT2D eigenvalue weighted by Crippen LogP contribution is 2.33. The minimum atomic E-state index is -0.477. The molecule has 0 amide bonds. The second kappa shape index (κ2) is 4.98. The van der Waals surface area contributed by atoms with Crippen molar-refractivity contribution in [2.45, 2.75) is 13.8 Å². The first-order valence-electron chi connectivity index (χ1n) is 5.43. The highest BCUT2D eigenvalue weighted by atomic mass is 79.9. The molecule has 1 aromatic heterocycles. The number of aromatic nitrogens is 2. The number of rotatable bonds is 3. The van der Waals surface area contributed by atoms with E-state index in [-0.39, 0.29) is 11.4 Å². The van der Waals surface area contributed by atoms with E-state index in [0.717, 1.165) is 15.9 Å². The topological polar surface area (TPSA) is 99.0 Å². The van der Waals surface area contributed by atoms with E-state index < -0.39 is 4.92 Å². The van der Waals surface area contributed by atoms with E-state index >= 15 is 0 Å². The third kappa shape index (κ3) is 2.20. The Balaban J connectivity index is 2.75. The molecule has 0 aliphatic heterocycles. The van der Waals surface area contributed by atoms with Crippen LogP contribution in [0.2, 0.25) is 0 Å². The van der Waals surface area contributed by atoms with E-state index in [4.69, 9.17) is 5.84 Å². The summed E-state index contributed by atoms with van der Waals surface area (Å²) in [5, 5.41) is 15.5. The zero-order chi connectivity index (χ0) is 14.2. The van der Waals surface area contributed by atoms with Crippen LogP contribution in [0, 0.1) is 24.0 Å². The molecule has 7 nitrogen and oxygen atoms in total. The summed E-state index contributed by atoms with van der Waals surface area (Å²) in [5.41, 5.74) is 4.38. The first kappa shape index (κ1) is 13.5. The average Bonchev–Trinajstić information content (AvgIpc) is 2.65. The largest absolute Gasteiger partial charge is 0.319 e. The summed E-state index contributed by atoms with van der Waals surface area (Å²) in [6.07, 6.45) is 0. The molecule has 0 bridgehead atoms. The van der Waals surface area contributed by atoms with Crippen LogP contribution in [0.4, 0.5) is 11.4 Å². The lowest BCUT2D eigenvalue weighted by Crippen LogP contribution is -2.11. The number of nitrogens with two attached hydrogens (primary N) is 1. The van der Waals surface area contributed by atoms with Gasteiger partial charge in [-0.2, -0.15) is 5.10 Å². The smallest absolute Gasteiger partial charge is 0.318 e. The van der Waals surface area contributed by atoms with Crippen LogP contribution in [0.25, 0.3) is 5.69 Å². The summed E-state index contributed by atoms with van der Waals surface area (Å²) in [4.78, 5) is 10.8. The fraction of sp³-hybridized carbons (Fsp3) is 0.182. The van der Waals surface area contributed by atoms with Gasteiger partial charge in [0.2, 0.25) is 0 Å². The molecule has 19 heavy (non-hydrogen) atoms. The summed E-state index contributed by atoms with van der Waals surface area (Å²) >= 11 is 3.40. The molecule has 0 saturated heterocycles. The first-order chi connectivity index (χ1) is 8.97. The number of nitro benzene ring substituents is 1. The standard InChI is InChI=1S/C11H12BrN5O2/c1-6-10(12)7(2)16(15-6)9-5-3-4-8(14-13)11(9)17(18)19/h3-5,14H,13H2,1-2H3. The SMILES string of the molecule is Cc1nn(-c2cccc(NN)c2[N+](=O)[O-])c(C)c1Br. The van der Waals surface area contributed by atoms with Gasteiger partial charge >= 0.3 is 5.69 Å². The number of aryl methyl sites for hydroxylation is 1. The number of nitrogens with one attached hydrogen (secondary N) is 1. The van der Waals surface area contributed by atoms with Crippen molar-refractivity contribution in [3.63, 3.8) is 0 Å². The van der Waals surface area contributed by atoms with Crippen LogP contribution >= 0.6 is 15.9 Å². The highest BCUT2D eigenvalue weighted by molar-refractivity contribution is 9.10. The van der Waals surface area contributed by atoms with E-state index in [1.165, 1.54) is 4.68 Å². The summed E-state index contributed by atoms with van der Waals surface area (Å²) in [6, 6.07) is 4.86. The van der Waals surface area contributed by atoms with Crippen LogP contribution in [0.15, 0.2) is 22.7 Å². The Morgan fingerprint density at radius 2 is 2.16 bits per heavy atom. The van der Waals surface area contributed by atoms with Crippen LogP contribution in [0.5, 0.6) is 0 Å². The molecule has 2 rings (SSSR count). The predicted octanol–water partition coefficient (Wildman–Crippen LogP) is 2.45. The second-order valence-electron chi connectivity index (χ2n) is 3.97. The molecule has 1 heterocycles. The molecule has 0 spiro atoms. The van der Waals surface area contributed by atoms with Gasteiger partial charge in [-0.25, -0.2) is 4.68 Å². The van der Waals surface area contributed by atoms with Gasteiger partial charge in [-0.05, 0) is 41.9 Å². The Morgan fingerprint density at radius 3 is 2.63 bits per heavy atom. The highest BCUT2D eigenvalue weighted by Gasteiger charge is 2.23. The van der Waals surface area contributed by atoms with Crippen molar-refractivity contribution in [3.8, 4) is 5.69 Å². The number of nitrogens with zero attached hydrogens (tertiary/aromatic N) is 3. The monoisotopic (exact) mass is 325 g/mol. The Labute approximate surface area is 117 Å². The zero-order valence-electron chi connectivity index (χ0n) is 10.3. The van der Waals surface area contributed by atoms with E-state index in [2.05, 4.69) is 26.5 Å². The average molecular weight is 326 g/mol. The van der Waals surface area contributed by atoms with Crippen molar-refractivity contribution in [1.82, 2.24) is 9.78 Å². The molecule has 100 valence electrons. The number of hydrazine groups is 1. The van der Waals surface area contributed by atoms with E-state index in [1.54, 1.807) is 18.2 Å².